The lowest BCUT2D eigenvalue weighted by atomic mass is 10.1. The molecule has 2 N–H and O–H groups in total. The van der Waals surface area contributed by atoms with Gasteiger partial charge in [-0.05, 0) is 56.7 Å². The van der Waals surface area contributed by atoms with Crippen LogP contribution in [0.3, 0.4) is 0 Å². The fourth-order valence-electron chi connectivity index (χ4n) is 2.36. The largest absolute Gasteiger partial charge is 0.493 e. The lowest BCUT2D eigenvalue weighted by molar-refractivity contribution is 0.0942. The topological polar surface area (TPSA) is 67.4 Å². The average molecular weight is 354 g/mol. The minimum atomic E-state index is -0.239. The van der Waals surface area contributed by atoms with Crippen LogP contribution in [0.4, 0.5) is 5.69 Å². The van der Waals surface area contributed by atoms with Gasteiger partial charge in [-0.1, -0.05) is 25.5 Å². The highest BCUT2D eigenvalue weighted by Crippen LogP contribution is 2.20. The van der Waals surface area contributed by atoms with Gasteiger partial charge in [0.1, 0.15) is 5.75 Å². The second kappa shape index (κ2) is 9.61. The number of ether oxygens (including phenoxy) is 1. The van der Waals surface area contributed by atoms with Crippen molar-refractivity contribution in [3.05, 3.63) is 59.7 Å². The summed E-state index contributed by atoms with van der Waals surface area (Å²) in [6, 6.07) is 14.1. The van der Waals surface area contributed by atoms with Gasteiger partial charge in [0.25, 0.3) is 11.8 Å². The van der Waals surface area contributed by atoms with Crippen LogP contribution in [0, 0.1) is 0 Å². The highest BCUT2D eigenvalue weighted by molar-refractivity contribution is 6.06. The van der Waals surface area contributed by atoms with Gasteiger partial charge in [0.2, 0.25) is 0 Å². The summed E-state index contributed by atoms with van der Waals surface area (Å²) in [5, 5.41) is 5.68. The number of unbranched alkanes of at least 4 members (excludes halogenated alkanes) is 1. The SMILES string of the molecule is CCCCOc1ccccc1C(=O)Nc1ccc(C(=O)NC(C)C)cc1. The summed E-state index contributed by atoms with van der Waals surface area (Å²) >= 11 is 0. The minimum Gasteiger partial charge on any atom is -0.493 e. The monoisotopic (exact) mass is 354 g/mol. The lowest BCUT2D eigenvalue weighted by Crippen LogP contribution is -2.30. The molecule has 0 saturated heterocycles. The second-order valence-corrected chi connectivity index (χ2v) is 6.36. The van der Waals surface area contributed by atoms with Crippen LogP contribution < -0.4 is 15.4 Å². The van der Waals surface area contributed by atoms with Gasteiger partial charge >= 0.3 is 0 Å². The first kappa shape index (κ1) is 19.5. The first-order valence-electron chi connectivity index (χ1n) is 8.95. The third kappa shape index (κ3) is 5.62. The molecular formula is C21H26N2O3. The van der Waals surface area contributed by atoms with E-state index in [1.165, 1.54) is 0 Å². The van der Waals surface area contributed by atoms with Gasteiger partial charge in [0.15, 0.2) is 0 Å². The molecule has 0 atom stereocenters. The third-order valence-corrected chi connectivity index (χ3v) is 3.71. The number of carbonyl (C=O) groups excluding carboxylic acids is 2. The first-order valence-corrected chi connectivity index (χ1v) is 8.95. The Bertz CT molecular complexity index is 739. The van der Waals surface area contributed by atoms with Gasteiger partial charge in [0.05, 0.1) is 12.2 Å². The van der Waals surface area contributed by atoms with E-state index in [-0.39, 0.29) is 17.9 Å². The van der Waals surface area contributed by atoms with Crippen LogP contribution in [0.5, 0.6) is 5.75 Å². The Labute approximate surface area is 154 Å². The molecule has 2 aromatic carbocycles. The molecule has 0 radical (unpaired) electrons. The summed E-state index contributed by atoms with van der Waals surface area (Å²) in [7, 11) is 0. The zero-order valence-electron chi connectivity index (χ0n) is 15.5. The van der Waals surface area contributed by atoms with E-state index in [2.05, 4.69) is 17.6 Å². The van der Waals surface area contributed by atoms with Crippen LogP contribution in [-0.2, 0) is 0 Å². The van der Waals surface area contributed by atoms with Crippen LogP contribution in [0.2, 0.25) is 0 Å². The molecule has 138 valence electrons. The first-order chi connectivity index (χ1) is 12.5. The fraction of sp³-hybridized carbons (Fsp3) is 0.333. The molecule has 2 rings (SSSR count). The lowest BCUT2D eigenvalue weighted by Gasteiger charge is -2.12. The van der Waals surface area contributed by atoms with Crippen LogP contribution >= 0.6 is 0 Å². The smallest absolute Gasteiger partial charge is 0.259 e. The molecule has 26 heavy (non-hydrogen) atoms. The van der Waals surface area contributed by atoms with Crippen molar-refractivity contribution in [2.75, 3.05) is 11.9 Å². The van der Waals surface area contributed by atoms with Crippen LogP contribution in [0.1, 0.15) is 54.3 Å². The highest BCUT2D eigenvalue weighted by atomic mass is 16.5. The van der Waals surface area contributed by atoms with E-state index in [1.54, 1.807) is 42.5 Å². The second-order valence-electron chi connectivity index (χ2n) is 6.36. The molecule has 0 saturated carbocycles. The summed E-state index contributed by atoms with van der Waals surface area (Å²) in [5.74, 6) is 0.204. The summed E-state index contributed by atoms with van der Waals surface area (Å²) in [6.45, 7) is 6.49. The molecule has 0 unspecified atom stereocenters. The molecule has 0 fully saturated rings. The number of benzene rings is 2. The van der Waals surface area contributed by atoms with E-state index in [4.69, 9.17) is 4.74 Å². The number of carbonyl (C=O) groups is 2. The summed E-state index contributed by atoms with van der Waals surface area (Å²) in [4.78, 5) is 24.5. The van der Waals surface area contributed by atoms with Gasteiger partial charge in [-0.25, -0.2) is 0 Å². The van der Waals surface area contributed by atoms with Crippen molar-refractivity contribution in [1.29, 1.82) is 0 Å². The van der Waals surface area contributed by atoms with E-state index in [1.807, 2.05) is 19.9 Å². The Morgan fingerprint density at radius 3 is 2.35 bits per heavy atom. The van der Waals surface area contributed by atoms with Crippen molar-refractivity contribution in [2.45, 2.75) is 39.7 Å². The minimum absolute atomic E-state index is 0.0751. The van der Waals surface area contributed by atoms with Crippen molar-refractivity contribution in [3.8, 4) is 5.75 Å². The van der Waals surface area contributed by atoms with Crippen LogP contribution in [0.25, 0.3) is 0 Å². The number of hydrogen-bond acceptors (Lipinski definition) is 3. The predicted molar refractivity (Wildman–Crippen MR) is 104 cm³/mol. The number of anilines is 1. The standard InChI is InChI=1S/C21H26N2O3/c1-4-5-14-26-19-9-7-6-8-18(19)21(25)23-17-12-10-16(11-13-17)20(24)22-15(2)3/h6-13,15H,4-5,14H2,1-3H3,(H,22,24)(H,23,25). The normalized spacial score (nSPS) is 10.5. The van der Waals surface area contributed by atoms with E-state index in [0.717, 1.165) is 12.8 Å². The van der Waals surface area contributed by atoms with E-state index in [0.29, 0.717) is 29.2 Å². The Hall–Kier alpha value is -2.82. The zero-order valence-corrected chi connectivity index (χ0v) is 15.5. The molecular weight excluding hydrogens is 328 g/mol. The molecule has 0 aromatic heterocycles. The number of nitrogens with one attached hydrogen (secondary N) is 2. The Balaban J connectivity index is 2.05. The van der Waals surface area contributed by atoms with Crippen molar-refractivity contribution < 1.29 is 14.3 Å². The van der Waals surface area contributed by atoms with Crippen molar-refractivity contribution in [2.24, 2.45) is 0 Å². The van der Waals surface area contributed by atoms with Gasteiger partial charge < -0.3 is 15.4 Å². The van der Waals surface area contributed by atoms with Gasteiger partial charge in [-0.2, -0.15) is 0 Å². The summed E-state index contributed by atoms with van der Waals surface area (Å²) in [6.07, 6.45) is 1.97. The maximum atomic E-state index is 12.6. The number of amides is 2. The zero-order chi connectivity index (χ0) is 18.9. The van der Waals surface area contributed by atoms with E-state index >= 15 is 0 Å². The molecule has 0 heterocycles. The highest BCUT2D eigenvalue weighted by Gasteiger charge is 2.13. The van der Waals surface area contributed by atoms with Crippen molar-refractivity contribution >= 4 is 17.5 Å². The molecule has 2 amide bonds. The summed E-state index contributed by atoms with van der Waals surface area (Å²) in [5.41, 5.74) is 1.67. The number of para-hydroxylation sites is 1. The van der Waals surface area contributed by atoms with Gasteiger partial charge in [0, 0.05) is 17.3 Å². The quantitative estimate of drug-likeness (QED) is 0.696. The van der Waals surface area contributed by atoms with Crippen LogP contribution in [-0.4, -0.2) is 24.5 Å². The molecule has 0 aliphatic rings. The molecule has 0 bridgehead atoms. The van der Waals surface area contributed by atoms with Gasteiger partial charge in [-0.3, -0.25) is 9.59 Å². The average Bonchev–Trinajstić information content (AvgIpc) is 2.62. The van der Waals surface area contributed by atoms with Crippen molar-refractivity contribution in [1.82, 2.24) is 5.32 Å². The Kier molecular flexibility index (Phi) is 7.21. The molecule has 5 nitrogen and oxygen atoms in total. The van der Waals surface area contributed by atoms with E-state index < -0.39 is 0 Å². The predicted octanol–water partition coefficient (Wildman–Crippen LogP) is 4.26. The number of hydrogen-bond donors (Lipinski definition) is 2. The fourth-order valence-corrected chi connectivity index (χ4v) is 2.36. The van der Waals surface area contributed by atoms with Crippen LogP contribution in [0.15, 0.2) is 48.5 Å². The molecule has 0 spiro atoms. The maximum absolute atomic E-state index is 12.6. The molecule has 0 aliphatic heterocycles. The maximum Gasteiger partial charge on any atom is 0.259 e. The van der Waals surface area contributed by atoms with Gasteiger partial charge in [-0.15, -0.1) is 0 Å². The summed E-state index contributed by atoms with van der Waals surface area (Å²) < 4.78 is 5.71. The Morgan fingerprint density at radius 2 is 1.69 bits per heavy atom. The van der Waals surface area contributed by atoms with Crippen molar-refractivity contribution in [3.63, 3.8) is 0 Å². The molecule has 0 aliphatic carbocycles. The number of rotatable bonds is 8. The third-order valence-electron chi connectivity index (χ3n) is 3.71. The molecule has 5 heteroatoms. The van der Waals surface area contributed by atoms with E-state index in [9.17, 15) is 9.59 Å². The molecule has 2 aromatic rings. The Morgan fingerprint density at radius 1 is 1.00 bits per heavy atom.